The minimum atomic E-state index is -0.498. The van der Waals surface area contributed by atoms with E-state index in [1.807, 2.05) is 17.5 Å². The summed E-state index contributed by atoms with van der Waals surface area (Å²) in [5, 5.41) is 18.1. The quantitative estimate of drug-likeness (QED) is 0.692. The summed E-state index contributed by atoms with van der Waals surface area (Å²) in [7, 11) is 1.75. The van der Waals surface area contributed by atoms with Crippen LogP contribution in [0, 0.1) is 0 Å². The molecule has 2 aromatic heterocycles. The Hall–Kier alpha value is -1.65. The van der Waals surface area contributed by atoms with Gasteiger partial charge in [-0.3, -0.25) is 10.1 Å². The fourth-order valence-corrected chi connectivity index (χ4v) is 3.43. The zero-order valence-electron chi connectivity index (χ0n) is 11.1. The summed E-state index contributed by atoms with van der Waals surface area (Å²) in [5.74, 6) is -0.255. The van der Waals surface area contributed by atoms with Crippen LogP contribution in [0.15, 0.2) is 21.9 Å². The second-order valence-corrected chi connectivity index (χ2v) is 6.95. The molecule has 0 saturated heterocycles. The van der Waals surface area contributed by atoms with E-state index in [2.05, 4.69) is 26.1 Å². The van der Waals surface area contributed by atoms with Crippen LogP contribution in [-0.4, -0.2) is 34.9 Å². The number of nitrogens with one attached hydrogen (secondary N) is 3. The molecule has 0 saturated carbocycles. The maximum atomic E-state index is 11.6. The highest BCUT2D eigenvalue weighted by Gasteiger charge is 2.10. The number of rotatable bonds is 6. The molecule has 7 nitrogen and oxygen atoms in total. The monoisotopic (exact) mass is 343 g/mol. The van der Waals surface area contributed by atoms with E-state index in [0.717, 1.165) is 4.88 Å². The highest BCUT2D eigenvalue weighted by molar-refractivity contribution is 8.01. The number of hydrogen-bond acceptors (Lipinski definition) is 8. The van der Waals surface area contributed by atoms with Crippen LogP contribution in [0.25, 0.3) is 0 Å². The van der Waals surface area contributed by atoms with E-state index in [0.29, 0.717) is 16.0 Å². The first-order valence-electron chi connectivity index (χ1n) is 5.91. The minimum Gasteiger partial charge on any atom is -0.363 e. The van der Waals surface area contributed by atoms with Gasteiger partial charge in [-0.2, -0.15) is 0 Å². The summed E-state index contributed by atoms with van der Waals surface area (Å²) in [6.45, 7) is 0.409. The van der Waals surface area contributed by atoms with Crippen LogP contribution in [0.2, 0.25) is 0 Å². The Labute approximate surface area is 133 Å². The average molecular weight is 343 g/mol. The van der Waals surface area contributed by atoms with Crippen LogP contribution in [0.1, 0.15) is 4.88 Å². The van der Waals surface area contributed by atoms with Crippen LogP contribution in [0.4, 0.5) is 9.93 Å². The summed E-state index contributed by atoms with van der Waals surface area (Å²) in [6, 6.07) is 3.32. The van der Waals surface area contributed by atoms with E-state index in [-0.39, 0.29) is 11.7 Å². The molecular weight excluding hydrogens is 330 g/mol. The lowest BCUT2D eigenvalue weighted by molar-refractivity contribution is -0.117. The van der Waals surface area contributed by atoms with Gasteiger partial charge in [0.25, 0.3) is 0 Å². The molecule has 0 bridgehead atoms. The van der Waals surface area contributed by atoms with Gasteiger partial charge in [-0.05, 0) is 11.4 Å². The van der Waals surface area contributed by atoms with Gasteiger partial charge < -0.3 is 10.6 Å². The predicted molar refractivity (Wildman–Crippen MR) is 84.9 cm³/mol. The number of carbonyl (C=O) groups is 2. The van der Waals surface area contributed by atoms with Crippen molar-refractivity contribution in [3.05, 3.63) is 22.4 Å². The smallest absolute Gasteiger partial charge is 0.321 e. The van der Waals surface area contributed by atoms with Crippen molar-refractivity contribution in [2.75, 3.05) is 18.1 Å². The van der Waals surface area contributed by atoms with Gasteiger partial charge in [0.05, 0.1) is 12.3 Å². The van der Waals surface area contributed by atoms with E-state index in [4.69, 9.17) is 0 Å². The highest BCUT2D eigenvalue weighted by atomic mass is 32.2. The summed E-state index contributed by atoms with van der Waals surface area (Å²) < 4.78 is 0.675. The van der Waals surface area contributed by atoms with Gasteiger partial charge in [-0.15, -0.1) is 21.5 Å². The van der Waals surface area contributed by atoms with Crippen LogP contribution < -0.4 is 16.0 Å². The van der Waals surface area contributed by atoms with Gasteiger partial charge in [0.15, 0.2) is 4.34 Å². The molecule has 0 fully saturated rings. The number of urea groups is 1. The number of thiophene rings is 1. The maximum absolute atomic E-state index is 11.6. The van der Waals surface area contributed by atoms with Crippen molar-refractivity contribution < 1.29 is 9.59 Å². The molecule has 2 heterocycles. The fourth-order valence-electron chi connectivity index (χ4n) is 1.28. The summed E-state index contributed by atoms with van der Waals surface area (Å²) >= 11 is 4.13. The summed E-state index contributed by atoms with van der Waals surface area (Å²) in [5.41, 5.74) is 0. The first-order valence-corrected chi connectivity index (χ1v) is 8.59. The highest BCUT2D eigenvalue weighted by Crippen LogP contribution is 2.24. The van der Waals surface area contributed by atoms with Crippen LogP contribution in [-0.2, 0) is 11.3 Å². The normalized spacial score (nSPS) is 10.1. The van der Waals surface area contributed by atoms with Crippen molar-refractivity contribution in [3.8, 4) is 0 Å². The number of hydrogen-bond donors (Lipinski definition) is 3. The first kappa shape index (κ1) is 15.7. The van der Waals surface area contributed by atoms with Crippen molar-refractivity contribution in [3.63, 3.8) is 0 Å². The second-order valence-electron chi connectivity index (χ2n) is 3.72. The lowest BCUT2D eigenvalue weighted by Gasteiger charge is -2.04. The number of aromatic nitrogens is 2. The second kappa shape index (κ2) is 7.96. The zero-order chi connectivity index (χ0) is 15.1. The molecule has 0 aliphatic heterocycles. The largest absolute Gasteiger partial charge is 0.363 e. The Balaban J connectivity index is 1.67. The van der Waals surface area contributed by atoms with Gasteiger partial charge in [0.1, 0.15) is 0 Å². The summed E-state index contributed by atoms with van der Waals surface area (Å²) in [6.07, 6.45) is 0. The van der Waals surface area contributed by atoms with Crippen LogP contribution in [0.5, 0.6) is 0 Å². The zero-order valence-corrected chi connectivity index (χ0v) is 13.5. The molecule has 10 heteroatoms. The molecule has 0 aromatic carbocycles. The number of nitrogens with zero attached hydrogens (tertiary/aromatic N) is 2. The summed E-state index contributed by atoms with van der Waals surface area (Å²) in [4.78, 5) is 24.2. The van der Waals surface area contributed by atoms with Gasteiger partial charge in [0, 0.05) is 11.9 Å². The molecule has 0 atom stereocenters. The number of thioether (sulfide) groups is 1. The van der Waals surface area contributed by atoms with Crippen molar-refractivity contribution in [2.24, 2.45) is 0 Å². The fraction of sp³-hybridized carbons (Fsp3) is 0.273. The maximum Gasteiger partial charge on any atom is 0.321 e. The molecule has 0 aliphatic rings. The van der Waals surface area contributed by atoms with E-state index >= 15 is 0 Å². The van der Waals surface area contributed by atoms with Crippen molar-refractivity contribution >= 4 is 51.5 Å². The predicted octanol–water partition coefficient (Wildman–Crippen LogP) is 1.76. The molecule has 21 heavy (non-hydrogen) atoms. The van der Waals surface area contributed by atoms with Gasteiger partial charge in [0.2, 0.25) is 11.0 Å². The minimum absolute atomic E-state index is 0.116. The molecule has 3 N–H and O–H groups in total. The Kier molecular flexibility index (Phi) is 5.96. The van der Waals surface area contributed by atoms with E-state index in [1.165, 1.54) is 23.1 Å². The van der Waals surface area contributed by atoms with E-state index in [9.17, 15) is 9.59 Å². The van der Waals surface area contributed by atoms with Gasteiger partial charge in [-0.25, -0.2) is 4.79 Å². The molecule has 112 valence electrons. The molecule has 3 amide bonds. The average Bonchev–Trinajstić information content (AvgIpc) is 3.14. The third-order valence-corrected chi connectivity index (χ3v) is 5.15. The molecule has 0 radical (unpaired) electrons. The van der Waals surface area contributed by atoms with Crippen LogP contribution >= 0.6 is 34.4 Å². The number of amides is 3. The number of imide groups is 1. The van der Waals surface area contributed by atoms with E-state index in [1.54, 1.807) is 18.4 Å². The van der Waals surface area contributed by atoms with Crippen LogP contribution in [0.3, 0.4) is 0 Å². The Morgan fingerprint density at radius 1 is 1.38 bits per heavy atom. The van der Waals surface area contributed by atoms with Gasteiger partial charge in [-0.1, -0.05) is 29.2 Å². The standard InChI is InChI=1S/C11H13N5O2S3/c1-12-10-15-16-11(21-10)20-6-8(17)14-9(18)13-5-7-3-2-4-19-7/h2-4H,5-6H2,1H3,(H,12,15)(H2,13,14,17,18). The molecule has 0 aliphatic carbocycles. The van der Waals surface area contributed by atoms with Gasteiger partial charge >= 0.3 is 6.03 Å². The lowest BCUT2D eigenvalue weighted by Crippen LogP contribution is -2.39. The number of carbonyl (C=O) groups excluding carboxylic acids is 2. The first-order chi connectivity index (χ1) is 10.2. The van der Waals surface area contributed by atoms with Crippen molar-refractivity contribution in [2.45, 2.75) is 10.9 Å². The number of anilines is 1. The molecule has 0 spiro atoms. The Bertz CT molecular complexity index is 599. The third kappa shape index (κ3) is 5.33. The molecular formula is C11H13N5O2S3. The molecule has 2 rings (SSSR count). The molecule has 0 unspecified atom stereocenters. The lowest BCUT2D eigenvalue weighted by atomic mass is 10.5. The SMILES string of the molecule is CNc1nnc(SCC(=O)NC(=O)NCc2cccs2)s1. The third-order valence-electron chi connectivity index (χ3n) is 2.20. The van der Waals surface area contributed by atoms with Crippen molar-refractivity contribution in [1.29, 1.82) is 0 Å². The molecule has 2 aromatic rings. The Morgan fingerprint density at radius 3 is 2.90 bits per heavy atom. The Morgan fingerprint density at radius 2 is 2.24 bits per heavy atom. The van der Waals surface area contributed by atoms with E-state index < -0.39 is 6.03 Å². The van der Waals surface area contributed by atoms with Crippen molar-refractivity contribution in [1.82, 2.24) is 20.8 Å². The topological polar surface area (TPSA) is 96.0 Å².